The van der Waals surface area contributed by atoms with Crippen LogP contribution >= 0.6 is 11.6 Å². The summed E-state index contributed by atoms with van der Waals surface area (Å²) in [6.07, 6.45) is -3.67. The minimum absolute atomic E-state index is 0.0186. The van der Waals surface area contributed by atoms with Crippen molar-refractivity contribution < 1.29 is 42.1 Å². The molecule has 0 aliphatic heterocycles. The Hall–Kier alpha value is -4.36. The fraction of sp³-hybridized carbons (Fsp3) is 0.375. The number of anilines is 1. The predicted molar refractivity (Wildman–Crippen MR) is 165 cm³/mol. The van der Waals surface area contributed by atoms with Crippen molar-refractivity contribution in [1.82, 2.24) is 14.6 Å². The first-order valence-electron chi connectivity index (χ1n) is 14.2. The minimum Gasteiger partial charge on any atom is -0.490 e. The standard InChI is InChI=1S/C32H34ClF3N4O6/c1-30(2,3)45-28(42)40(29(43)46-31(4,5)6)27-37-24-18-20(14-16-39(24)38-27)22-8-7-9-23(25(22)34)44-17-15-32(35,36)26(41)19-10-12-21(33)13-11-19/h7-14,16,18,26,41H,15,17H2,1-6H3. The number of carbonyl (C=O) groups excluding carboxylic acids is 2. The molecule has 0 saturated carbocycles. The molecular formula is C32H34ClF3N4O6. The van der Waals surface area contributed by atoms with Gasteiger partial charge in [-0.3, -0.25) is 0 Å². The van der Waals surface area contributed by atoms with E-state index < -0.39 is 54.3 Å². The third-order valence-corrected chi connectivity index (χ3v) is 6.48. The van der Waals surface area contributed by atoms with Crippen molar-refractivity contribution in [2.45, 2.75) is 71.2 Å². The number of hydrogen-bond acceptors (Lipinski definition) is 8. The summed E-state index contributed by atoms with van der Waals surface area (Å²) in [4.78, 5) is 30.8. The zero-order chi connectivity index (χ0) is 34.0. The molecule has 14 heteroatoms. The van der Waals surface area contributed by atoms with Crippen LogP contribution in [0.1, 0.15) is 59.6 Å². The van der Waals surface area contributed by atoms with Crippen molar-refractivity contribution in [1.29, 1.82) is 0 Å². The van der Waals surface area contributed by atoms with Gasteiger partial charge in [-0.1, -0.05) is 35.9 Å². The number of imide groups is 1. The first kappa shape index (κ1) is 34.5. The van der Waals surface area contributed by atoms with Gasteiger partial charge in [0.15, 0.2) is 17.2 Å². The molecule has 2 aromatic heterocycles. The number of alkyl halides is 2. The topological polar surface area (TPSA) is 115 Å². The Morgan fingerprint density at radius 1 is 0.978 bits per heavy atom. The summed E-state index contributed by atoms with van der Waals surface area (Å²) in [6, 6.07) is 12.6. The summed E-state index contributed by atoms with van der Waals surface area (Å²) in [5, 5.41) is 14.7. The van der Waals surface area contributed by atoms with Crippen LogP contribution in [0.25, 0.3) is 16.8 Å². The lowest BCUT2D eigenvalue weighted by Gasteiger charge is -2.26. The summed E-state index contributed by atoms with van der Waals surface area (Å²) in [5.74, 6) is -5.00. The van der Waals surface area contributed by atoms with Crippen molar-refractivity contribution in [3.8, 4) is 16.9 Å². The highest BCUT2D eigenvalue weighted by molar-refractivity contribution is 6.30. The van der Waals surface area contributed by atoms with Gasteiger partial charge in [0.05, 0.1) is 6.61 Å². The fourth-order valence-electron chi connectivity index (χ4n) is 4.15. The van der Waals surface area contributed by atoms with Gasteiger partial charge >= 0.3 is 12.2 Å². The van der Waals surface area contributed by atoms with Crippen molar-refractivity contribution in [3.05, 3.63) is 77.2 Å². The number of amides is 2. The Labute approximate surface area is 268 Å². The summed E-state index contributed by atoms with van der Waals surface area (Å²) < 4.78 is 62.3. The maximum Gasteiger partial charge on any atom is 0.427 e. The number of fused-ring (bicyclic) bond motifs is 1. The quantitative estimate of drug-likeness (QED) is 0.202. The SMILES string of the molecule is CC(C)(C)OC(=O)N(C(=O)OC(C)(C)C)c1nc2cc(-c3cccc(OCCC(F)(F)C(O)c4ccc(Cl)cc4)c3F)ccn2n1. The lowest BCUT2D eigenvalue weighted by atomic mass is 10.0. The van der Waals surface area contributed by atoms with Crippen LogP contribution in [0.2, 0.25) is 5.02 Å². The third-order valence-electron chi connectivity index (χ3n) is 6.23. The van der Waals surface area contributed by atoms with Gasteiger partial charge in [-0.2, -0.15) is 4.98 Å². The van der Waals surface area contributed by atoms with E-state index in [9.17, 15) is 23.5 Å². The molecule has 0 bridgehead atoms. The fourth-order valence-corrected chi connectivity index (χ4v) is 4.28. The number of nitrogens with zero attached hydrogens (tertiary/aromatic N) is 4. The highest BCUT2D eigenvalue weighted by Gasteiger charge is 2.39. The van der Waals surface area contributed by atoms with Gasteiger partial charge in [0.2, 0.25) is 0 Å². The first-order chi connectivity index (χ1) is 21.3. The number of aliphatic hydroxyl groups excluding tert-OH is 1. The van der Waals surface area contributed by atoms with Crippen molar-refractivity contribution in [2.75, 3.05) is 11.5 Å². The molecule has 2 amide bonds. The summed E-state index contributed by atoms with van der Waals surface area (Å²) >= 11 is 5.79. The largest absolute Gasteiger partial charge is 0.490 e. The molecule has 0 radical (unpaired) electrons. The average molecular weight is 663 g/mol. The third kappa shape index (κ3) is 8.46. The summed E-state index contributed by atoms with van der Waals surface area (Å²) in [5.41, 5.74) is -1.38. The lowest BCUT2D eigenvalue weighted by Crippen LogP contribution is -2.44. The predicted octanol–water partition coefficient (Wildman–Crippen LogP) is 8.00. The lowest BCUT2D eigenvalue weighted by molar-refractivity contribution is -0.120. The molecule has 2 heterocycles. The second-order valence-electron chi connectivity index (χ2n) is 12.4. The van der Waals surface area contributed by atoms with E-state index in [1.165, 1.54) is 65.3 Å². The zero-order valence-electron chi connectivity index (χ0n) is 26.1. The number of halogens is 4. The molecule has 46 heavy (non-hydrogen) atoms. The second-order valence-corrected chi connectivity index (χ2v) is 12.8. The molecule has 10 nitrogen and oxygen atoms in total. The molecule has 0 saturated heterocycles. The number of ether oxygens (including phenoxy) is 3. The van der Waals surface area contributed by atoms with Gasteiger partial charge in [-0.15, -0.1) is 10.00 Å². The van der Waals surface area contributed by atoms with Crippen LogP contribution in [0.3, 0.4) is 0 Å². The van der Waals surface area contributed by atoms with Crippen LogP contribution in [0, 0.1) is 5.82 Å². The number of benzene rings is 2. The van der Waals surface area contributed by atoms with Gasteiger partial charge in [0.1, 0.15) is 17.3 Å². The Morgan fingerprint density at radius 2 is 1.59 bits per heavy atom. The average Bonchev–Trinajstić information content (AvgIpc) is 3.34. The van der Waals surface area contributed by atoms with E-state index in [1.54, 1.807) is 41.5 Å². The van der Waals surface area contributed by atoms with Gasteiger partial charge in [0, 0.05) is 23.2 Å². The Balaban J connectivity index is 1.55. The van der Waals surface area contributed by atoms with Crippen molar-refractivity contribution >= 4 is 35.4 Å². The highest BCUT2D eigenvalue weighted by atomic mass is 35.5. The van der Waals surface area contributed by atoms with Gasteiger partial charge in [0.25, 0.3) is 11.9 Å². The van der Waals surface area contributed by atoms with Crippen LogP contribution < -0.4 is 9.64 Å². The Kier molecular flexibility index (Phi) is 9.88. The molecule has 0 fully saturated rings. The number of aliphatic hydroxyl groups is 1. The Morgan fingerprint density at radius 3 is 2.17 bits per heavy atom. The molecule has 0 spiro atoms. The van der Waals surface area contributed by atoms with Crippen molar-refractivity contribution in [3.63, 3.8) is 0 Å². The molecule has 1 atom stereocenters. The monoisotopic (exact) mass is 662 g/mol. The van der Waals surface area contributed by atoms with Gasteiger partial charge in [-0.25, -0.2) is 27.3 Å². The summed E-state index contributed by atoms with van der Waals surface area (Å²) in [6.45, 7) is 9.19. The number of aromatic nitrogens is 3. The number of hydrogen-bond donors (Lipinski definition) is 1. The molecule has 2 aromatic carbocycles. The Bertz CT molecular complexity index is 1690. The van der Waals surface area contributed by atoms with Crippen LogP contribution in [0.15, 0.2) is 60.8 Å². The van der Waals surface area contributed by atoms with Crippen LogP contribution in [-0.4, -0.2) is 55.6 Å². The number of carbonyl (C=O) groups is 2. The van der Waals surface area contributed by atoms with Crippen LogP contribution in [0.4, 0.5) is 28.7 Å². The van der Waals surface area contributed by atoms with E-state index in [0.29, 0.717) is 15.5 Å². The molecule has 4 aromatic rings. The maximum absolute atomic E-state index is 15.6. The van der Waals surface area contributed by atoms with Gasteiger partial charge < -0.3 is 19.3 Å². The van der Waals surface area contributed by atoms with E-state index in [-0.39, 0.29) is 28.5 Å². The number of rotatable bonds is 8. The van der Waals surface area contributed by atoms with Crippen LogP contribution in [0.5, 0.6) is 5.75 Å². The normalized spacial score (nSPS) is 12.9. The van der Waals surface area contributed by atoms with E-state index in [0.717, 1.165) is 0 Å². The molecule has 4 rings (SSSR count). The van der Waals surface area contributed by atoms with Crippen LogP contribution in [-0.2, 0) is 9.47 Å². The van der Waals surface area contributed by atoms with E-state index >= 15 is 4.39 Å². The molecule has 0 aliphatic rings. The molecule has 246 valence electrons. The van der Waals surface area contributed by atoms with Crippen molar-refractivity contribution in [2.24, 2.45) is 0 Å². The minimum atomic E-state index is -3.56. The van der Waals surface area contributed by atoms with E-state index in [4.69, 9.17) is 25.8 Å². The molecular weight excluding hydrogens is 629 g/mol. The maximum atomic E-state index is 15.6. The van der Waals surface area contributed by atoms with E-state index in [2.05, 4.69) is 10.1 Å². The van der Waals surface area contributed by atoms with E-state index in [1.807, 2.05) is 0 Å². The highest BCUT2D eigenvalue weighted by Crippen LogP contribution is 2.36. The molecule has 1 N–H and O–H groups in total. The first-order valence-corrected chi connectivity index (χ1v) is 14.6. The smallest absolute Gasteiger partial charge is 0.427 e. The molecule has 0 aliphatic carbocycles. The zero-order valence-corrected chi connectivity index (χ0v) is 26.8. The summed E-state index contributed by atoms with van der Waals surface area (Å²) in [7, 11) is 0. The molecule has 1 unspecified atom stereocenters. The number of pyridine rings is 1. The van der Waals surface area contributed by atoms with Gasteiger partial charge in [-0.05, 0) is 83.0 Å². The second kappa shape index (κ2) is 13.2.